The van der Waals surface area contributed by atoms with Crippen LogP contribution in [0.1, 0.15) is 89.9 Å². The Hall–Kier alpha value is -2.82. The number of fused-ring (bicyclic) bond motifs is 1. The number of unbranched alkanes of at least 4 members (excludes halogenated alkanes) is 3. The van der Waals surface area contributed by atoms with E-state index < -0.39 is 0 Å². The molecule has 3 aromatic rings. The minimum Gasteiger partial charge on any atom is -0.494 e. The summed E-state index contributed by atoms with van der Waals surface area (Å²) >= 11 is 0. The highest BCUT2D eigenvalue weighted by Gasteiger charge is 2.13. The van der Waals surface area contributed by atoms with E-state index in [4.69, 9.17) is 9.72 Å². The van der Waals surface area contributed by atoms with Crippen molar-refractivity contribution in [2.45, 2.75) is 91.5 Å². The fraction of sp³-hybridized carbons (Fsp3) is 0.548. The van der Waals surface area contributed by atoms with Crippen LogP contribution in [0, 0.1) is 5.92 Å². The third-order valence-corrected chi connectivity index (χ3v) is 7.06. The number of amides is 1. The Balaban J connectivity index is 1.43. The maximum Gasteiger partial charge on any atom is 0.223 e. The van der Waals surface area contributed by atoms with Crippen molar-refractivity contribution in [1.29, 1.82) is 0 Å². The van der Waals surface area contributed by atoms with Crippen LogP contribution in [0.4, 0.5) is 0 Å². The summed E-state index contributed by atoms with van der Waals surface area (Å²) < 4.78 is 8.36. The number of para-hydroxylation sites is 2. The fourth-order valence-corrected chi connectivity index (χ4v) is 4.68. The van der Waals surface area contributed by atoms with Gasteiger partial charge in [0.05, 0.1) is 17.6 Å². The fourth-order valence-electron chi connectivity index (χ4n) is 4.68. The number of hydrogen-bond acceptors (Lipinski definition) is 3. The summed E-state index contributed by atoms with van der Waals surface area (Å²) in [5.74, 6) is 3.02. The largest absolute Gasteiger partial charge is 0.494 e. The van der Waals surface area contributed by atoms with Crippen LogP contribution in [0.15, 0.2) is 48.5 Å². The van der Waals surface area contributed by atoms with Crippen LogP contribution in [-0.2, 0) is 17.8 Å². The van der Waals surface area contributed by atoms with Gasteiger partial charge in [0.25, 0.3) is 0 Å². The van der Waals surface area contributed by atoms with Crippen LogP contribution < -0.4 is 10.1 Å². The highest BCUT2D eigenvalue weighted by atomic mass is 16.5. The zero-order valence-corrected chi connectivity index (χ0v) is 22.8. The molecule has 1 N–H and O–H groups in total. The lowest BCUT2D eigenvalue weighted by Crippen LogP contribution is -2.30. The smallest absolute Gasteiger partial charge is 0.223 e. The number of aromatic nitrogens is 2. The van der Waals surface area contributed by atoms with Crippen molar-refractivity contribution >= 4 is 16.9 Å². The summed E-state index contributed by atoms with van der Waals surface area (Å²) in [6.45, 7) is 11.0. The molecule has 1 amide bonds. The molecular weight excluding hydrogens is 446 g/mol. The van der Waals surface area contributed by atoms with Crippen LogP contribution in [-0.4, -0.2) is 28.6 Å². The first kappa shape index (κ1) is 27.8. The molecule has 0 fully saturated rings. The number of benzene rings is 2. The van der Waals surface area contributed by atoms with Crippen molar-refractivity contribution in [3.05, 3.63) is 59.9 Å². The molecule has 1 aromatic heterocycles. The summed E-state index contributed by atoms with van der Waals surface area (Å²) in [5.41, 5.74) is 3.63. The minimum absolute atomic E-state index is 0.153. The Morgan fingerprint density at radius 1 is 0.944 bits per heavy atom. The van der Waals surface area contributed by atoms with Crippen molar-refractivity contribution in [2.75, 3.05) is 13.2 Å². The van der Waals surface area contributed by atoms with Gasteiger partial charge < -0.3 is 14.6 Å². The van der Waals surface area contributed by atoms with E-state index in [2.05, 4.69) is 86.1 Å². The summed E-state index contributed by atoms with van der Waals surface area (Å²) in [7, 11) is 0. The molecule has 3 rings (SSSR count). The molecule has 0 saturated heterocycles. The number of ether oxygens (including phenoxy) is 1. The lowest BCUT2D eigenvalue weighted by molar-refractivity contribution is -0.125. The molecule has 0 aliphatic carbocycles. The molecule has 0 aliphatic rings. The van der Waals surface area contributed by atoms with Gasteiger partial charge in [-0.15, -0.1) is 0 Å². The third-order valence-electron chi connectivity index (χ3n) is 7.06. The SMILES string of the molecule is CCC(CC)C(=O)NCCCCCc1nc2ccccc2n1CCCCOc1ccc(C(C)C)cc1. The third kappa shape index (κ3) is 8.11. The van der Waals surface area contributed by atoms with E-state index >= 15 is 0 Å². The first-order chi connectivity index (χ1) is 17.5. The summed E-state index contributed by atoms with van der Waals surface area (Å²) in [4.78, 5) is 17.1. The van der Waals surface area contributed by atoms with Crippen molar-refractivity contribution < 1.29 is 9.53 Å². The van der Waals surface area contributed by atoms with Gasteiger partial charge in [0.15, 0.2) is 0 Å². The van der Waals surface area contributed by atoms with Gasteiger partial charge in [0.1, 0.15) is 11.6 Å². The zero-order valence-electron chi connectivity index (χ0n) is 22.8. The molecule has 5 heteroatoms. The first-order valence-corrected chi connectivity index (χ1v) is 14.0. The van der Waals surface area contributed by atoms with E-state index in [0.717, 1.165) is 82.3 Å². The Morgan fingerprint density at radius 2 is 1.69 bits per heavy atom. The van der Waals surface area contributed by atoms with Gasteiger partial charge >= 0.3 is 0 Å². The number of carbonyl (C=O) groups is 1. The molecule has 0 atom stereocenters. The number of imidazole rings is 1. The summed E-state index contributed by atoms with van der Waals surface area (Å²) in [6.07, 6.45) is 8.05. The van der Waals surface area contributed by atoms with Crippen LogP contribution in [0.5, 0.6) is 5.75 Å². The first-order valence-electron chi connectivity index (χ1n) is 14.0. The second-order valence-electron chi connectivity index (χ2n) is 10.1. The normalized spacial score (nSPS) is 11.5. The Morgan fingerprint density at radius 3 is 2.42 bits per heavy atom. The van der Waals surface area contributed by atoms with Crippen molar-refractivity contribution in [3.8, 4) is 5.75 Å². The van der Waals surface area contributed by atoms with E-state index in [1.807, 2.05) is 0 Å². The van der Waals surface area contributed by atoms with E-state index in [9.17, 15) is 4.79 Å². The minimum atomic E-state index is 0.153. The highest BCUT2D eigenvalue weighted by molar-refractivity contribution is 5.78. The zero-order chi connectivity index (χ0) is 25.8. The lowest BCUT2D eigenvalue weighted by atomic mass is 10.0. The molecule has 5 nitrogen and oxygen atoms in total. The molecular formula is C31H45N3O2. The quantitative estimate of drug-likeness (QED) is 0.214. The van der Waals surface area contributed by atoms with Gasteiger partial charge in [0.2, 0.25) is 5.91 Å². The second kappa shape index (κ2) is 14.7. The van der Waals surface area contributed by atoms with E-state index in [0.29, 0.717) is 5.92 Å². The second-order valence-corrected chi connectivity index (χ2v) is 10.1. The van der Waals surface area contributed by atoms with Gasteiger partial charge in [-0.2, -0.15) is 0 Å². The predicted octanol–water partition coefficient (Wildman–Crippen LogP) is 7.28. The molecule has 0 bridgehead atoms. The van der Waals surface area contributed by atoms with Crippen LogP contribution in [0.2, 0.25) is 0 Å². The molecule has 2 aromatic carbocycles. The number of nitrogens with zero attached hydrogens (tertiary/aromatic N) is 2. The monoisotopic (exact) mass is 491 g/mol. The van der Waals surface area contributed by atoms with E-state index in [1.165, 1.54) is 16.9 Å². The number of carbonyl (C=O) groups excluding carboxylic acids is 1. The maximum absolute atomic E-state index is 12.1. The number of nitrogens with one attached hydrogen (secondary N) is 1. The summed E-state index contributed by atoms with van der Waals surface area (Å²) in [5, 5.41) is 3.10. The van der Waals surface area contributed by atoms with Gasteiger partial charge in [0, 0.05) is 25.4 Å². The standard InChI is InChI=1S/C31H45N3O2/c1-5-25(6-2)31(35)32-21-11-7-8-16-30-33-28-14-9-10-15-29(28)34(30)22-12-13-23-36-27-19-17-26(18-20-27)24(3)4/h9-10,14-15,17-20,24-25H,5-8,11-13,16,21-23H2,1-4H3,(H,32,35). The maximum atomic E-state index is 12.1. The Kier molecular flexibility index (Phi) is 11.3. The van der Waals surface area contributed by atoms with Crippen molar-refractivity contribution in [2.24, 2.45) is 5.92 Å². The number of rotatable bonds is 16. The molecule has 0 aliphatic heterocycles. The van der Waals surface area contributed by atoms with E-state index in [1.54, 1.807) is 0 Å². The predicted molar refractivity (Wildman–Crippen MR) is 150 cm³/mol. The molecule has 36 heavy (non-hydrogen) atoms. The molecule has 0 saturated carbocycles. The van der Waals surface area contributed by atoms with Gasteiger partial charge in [-0.1, -0.05) is 58.4 Å². The lowest BCUT2D eigenvalue weighted by Gasteiger charge is -2.13. The van der Waals surface area contributed by atoms with Crippen molar-refractivity contribution in [3.63, 3.8) is 0 Å². The summed E-state index contributed by atoms with van der Waals surface area (Å²) in [6, 6.07) is 16.9. The molecule has 196 valence electrons. The topological polar surface area (TPSA) is 56.2 Å². The van der Waals surface area contributed by atoms with Gasteiger partial charge in [-0.05, 0) is 74.3 Å². The average molecular weight is 492 g/mol. The number of hydrogen-bond donors (Lipinski definition) is 1. The van der Waals surface area contributed by atoms with Crippen LogP contribution in [0.25, 0.3) is 11.0 Å². The molecule has 0 radical (unpaired) electrons. The van der Waals surface area contributed by atoms with Gasteiger partial charge in [-0.25, -0.2) is 4.98 Å². The van der Waals surface area contributed by atoms with Crippen LogP contribution >= 0.6 is 0 Å². The average Bonchev–Trinajstić information content (AvgIpc) is 3.24. The Labute approximate surface area is 217 Å². The molecule has 0 unspecified atom stereocenters. The highest BCUT2D eigenvalue weighted by Crippen LogP contribution is 2.20. The Bertz CT molecular complexity index is 1050. The van der Waals surface area contributed by atoms with Crippen LogP contribution in [0.3, 0.4) is 0 Å². The van der Waals surface area contributed by atoms with Crippen molar-refractivity contribution in [1.82, 2.24) is 14.9 Å². The van der Waals surface area contributed by atoms with Gasteiger partial charge in [-0.3, -0.25) is 4.79 Å². The van der Waals surface area contributed by atoms with E-state index in [-0.39, 0.29) is 11.8 Å². The molecule has 0 spiro atoms. The molecule has 1 heterocycles. The number of aryl methyl sites for hydroxylation is 2.